The van der Waals surface area contributed by atoms with Gasteiger partial charge < -0.3 is 5.11 Å². The van der Waals surface area contributed by atoms with Gasteiger partial charge in [-0.05, 0) is 10.4 Å². The monoisotopic (exact) mass is 360 g/mol. The summed E-state index contributed by atoms with van der Waals surface area (Å²) in [6.45, 7) is 2.61. The van der Waals surface area contributed by atoms with E-state index in [-0.39, 0.29) is 11.5 Å². The molecule has 5 heteroatoms. The molecule has 0 bridgehead atoms. The molecule has 1 amide bonds. The second-order valence-electron chi connectivity index (χ2n) is 6.76. The summed E-state index contributed by atoms with van der Waals surface area (Å²) in [6.07, 6.45) is 19.6. The molecule has 24 heavy (non-hydrogen) atoms. The number of hydrogen-bond donors (Lipinski definition) is 1. The summed E-state index contributed by atoms with van der Waals surface area (Å²) < 4.78 is 11.4. The Balaban J connectivity index is 3.15. The minimum absolute atomic E-state index is 0.0493. The molecule has 0 aliphatic carbocycles. The summed E-state index contributed by atoms with van der Waals surface area (Å²) in [5, 5.41) is 8.70. The van der Waals surface area contributed by atoms with Gasteiger partial charge in [0.25, 0.3) is 0 Å². The number of nitrogens with zero attached hydrogens (tertiary/aromatic N) is 1. The molecule has 0 saturated carbocycles. The molecular formula is C19H38NO3S+. The minimum atomic E-state index is -1.13. The highest BCUT2D eigenvalue weighted by Crippen LogP contribution is 2.13. The van der Waals surface area contributed by atoms with Gasteiger partial charge in [0.2, 0.25) is 0 Å². The fourth-order valence-corrected chi connectivity index (χ4v) is 3.24. The predicted octanol–water partition coefficient (Wildman–Crippen LogP) is 6.34. The lowest BCUT2D eigenvalue weighted by atomic mass is 10.0. The zero-order valence-electron chi connectivity index (χ0n) is 15.6. The highest BCUT2D eigenvalue weighted by molar-refractivity contribution is 7.52. The van der Waals surface area contributed by atoms with Crippen LogP contribution in [0.15, 0.2) is 0 Å². The van der Waals surface area contributed by atoms with Crippen molar-refractivity contribution in [2.45, 2.75) is 110 Å². The molecule has 0 fully saturated rings. The van der Waals surface area contributed by atoms with Crippen molar-refractivity contribution in [1.29, 1.82) is 0 Å². The Morgan fingerprint density at radius 1 is 0.708 bits per heavy atom. The molecule has 0 radical (unpaired) electrons. The molecule has 0 atom stereocenters. The van der Waals surface area contributed by atoms with Gasteiger partial charge in [-0.3, -0.25) is 0 Å². The Morgan fingerprint density at radius 3 is 1.33 bits per heavy atom. The Bertz CT molecular complexity index is 355. The first kappa shape index (κ1) is 23.3. The van der Waals surface area contributed by atoms with Gasteiger partial charge >= 0.3 is 17.6 Å². The molecule has 0 aromatic heterocycles. The van der Waals surface area contributed by atoms with E-state index in [1.807, 2.05) is 0 Å². The Hall–Kier alpha value is -0.710. The van der Waals surface area contributed by atoms with Crippen LogP contribution in [0.4, 0.5) is 4.79 Å². The Labute approximate surface area is 152 Å². The molecule has 0 aliphatic rings. The van der Waals surface area contributed by atoms with E-state index in [1.54, 1.807) is 0 Å². The number of carboxylic acid groups (broad SMARTS) is 1. The van der Waals surface area contributed by atoms with Crippen molar-refractivity contribution in [1.82, 2.24) is 0 Å². The van der Waals surface area contributed by atoms with Crippen LogP contribution in [0.25, 0.3) is 0 Å². The van der Waals surface area contributed by atoms with E-state index in [0.29, 0.717) is 6.54 Å². The second-order valence-corrected chi connectivity index (χ2v) is 7.35. The molecule has 0 saturated heterocycles. The van der Waals surface area contributed by atoms with E-state index >= 15 is 0 Å². The largest absolute Gasteiger partial charge is 0.610 e. The van der Waals surface area contributed by atoms with Gasteiger partial charge in [-0.25, -0.2) is 0 Å². The number of carbonyl (C=O) groups is 1. The first-order valence-corrected chi connectivity index (χ1v) is 10.7. The molecule has 0 aromatic carbocycles. The summed E-state index contributed by atoms with van der Waals surface area (Å²) in [6, 6.07) is 0. The van der Waals surface area contributed by atoms with Gasteiger partial charge in [0.15, 0.2) is 6.54 Å². The number of hydrogen-bond acceptors (Lipinski definition) is 2. The average Bonchev–Trinajstić information content (AvgIpc) is 2.57. The van der Waals surface area contributed by atoms with Crippen LogP contribution in [0.2, 0.25) is 0 Å². The SMILES string of the molecule is CCCCCCCCCCCCCCCCCC[N+](=S=O)C(=O)O. The molecule has 4 nitrogen and oxygen atoms in total. The normalized spacial score (nSPS) is 10.7. The van der Waals surface area contributed by atoms with Crippen LogP contribution in [0.5, 0.6) is 0 Å². The maximum absolute atomic E-state index is 10.6. The van der Waals surface area contributed by atoms with Gasteiger partial charge in [0, 0.05) is 6.42 Å². The molecule has 0 rings (SSSR count). The highest BCUT2D eigenvalue weighted by Gasteiger charge is 2.15. The van der Waals surface area contributed by atoms with E-state index in [2.05, 4.69) is 6.92 Å². The van der Waals surface area contributed by atoms with Crippen LogP contribution >= 0.6 is 0 Å². The smallest absolute Gasteiger partial charge is 0.426 e. The van der Waals surface area contributed by atoms with E-state index in [0.717, 1.165) is 23.2 Å². The summed E-state index contributed by atoms with van der Waals surface area (Å²) >= 11 is 0.0493. The van der Waals surface area contributed by atoms with E-state index in [1.165, 1.54) is 83.5 Å². The van der Waals surface area contributed by atoms with E-state index < -0.39 is 6.09 Å². The zero-order valence-corrected chi connectivity index (χ0v) is 16.5. The lowest BCUT2D eigenvalue weighted by Crippen LogP contribution is -2.17. The molecule has 1 N–H and O–H groups in total. The lowest BCUT2D eigenvalue weighted by molar-refractivity contribution is -0.417. The quantitative estimate of drug-likeness (QED) is 0.243. The van der Waals surface area contributed by atoms with Gasteiger partial charge in [-0.15, -0.1) is 4.21 Å². The third-order valence-electron chi connectivity index (χ3n) is 4.52. The number of amides is 1. The van der Waals surface area contributed by atoms with Crippen molar-refractivity contribution in [3.63, 3.8) is 0 Å². The van der Waals surface area contributed by atoms with Gasteiger partial charge in [-0.2, -0.15) is 4.79 Å². The zero-order chi connectivity index (χ0) is 17.9. The molecular weight excluding hydrogens is 322 g/mol. The average molecular weight is 361 g/mol. The third kappa shape index (κ3) is 16.2. The van der Waals surface area contributed by atoms with Crippen LogP contribution < -0.4 is 0 Å². The molecule has 0 unspecified atom stereocenters. The molecule has 0 heterocycles. The molecule has 142 valence electrons. The van der Waals surface area contributed by atoms with Gasteiger partial charge in [0.05, 0.1) is 0 Å². The van der Waals surface area contributed by atoms with Crippen LogP contribution in [0.3, 0.4) is 0 Å². The summed E-state index contributed by atoms with van der Waals surface area (Å²) in [4.78, 5) is 10.6. The molecule has 0 aromatic rings. The third-order valence-corrected chi connectivity index (χ3v) is 5.04. The minimum Gasteiger partial charge on any atom is -0.426 e. The predicted molar refractivity (Wildman–Crippen MR) is 101 cm³/mol. The fourth-order valence-electron chi connectivity index (χ4n) is 2.97. The van der Waals surface area contributed by atoms with Crippen molar-refractivity contribution in [2.24, 2.45) is 0 Å². The van der Waals surface area contributed by atoms with Crippen LogP contribution in [-0.2, 0) is 11.5 Å². The fraction of sp³-hybridized carbons (Fsp3) is 0.947. The Kier molecular flexibility index (Phi) is 18.1. The van der Waals surface area contributed by atoms with Crippen LogP contribution in [0, 0.1) is 0 Å². The number of rotatable bonds is 17. The number of unbranched alkanes of at least 4 members (excludes halogenated alkanes) is 15. The second kappa shape index (κ2) is 18.6. The van der Waals surface area contributed by atoms with Crippen molar-refractivity contribution < 1.29 is 18.1 Å². The van der Waals surface area contributed by atoms with Crippen molar-refractivity contribution in [3.05, 3.63) is 0 Å². The lowest BCUT2D eigenvalue weighted by Gasteiger charge is -2.03. The van der Waals surface area contributed by atoms with Gasteiger partial charge in [0.1, 0.15) is 0 Å². The van der Waals surface area contributed by atoms with Crippen LogP contribution in [-0.4, -0.2) is 25.9 Å². The summed E-state index contributed by atoms with van der Waals surface area (Å²) in [7, 11) is 0. The van der Waals surface area contributed by atoms with Crippen molar-refractivity contribution in [2.75, 3.05) is 6.54 Å². The van der Waals surface area contributed by atoms with E-state index in [4.69, 9.17) is 5.11 Å². The van der Waals surface area contributed by atoms with Crippen molar-refractivity contribution in [3.8, 4) is 0 Å². The summed E-state index contributed by atoms with van der Waals surface area (Å²) in [5.74, 6) is 0. The highest BCUT2D eigenvalue weighted by atomic mass is 32.1. The Morgan fingerprint density at radius 2 is 1.04 bits per heavy atom. The van der Waals surface area contributed by atoms with E-state index in [9.17, 15) is 9.00 Å². The van der Waals surface area contributed by atoms with Gasteiger partial charge in [-0.1, -0.05) is 96.8 Å². The first-order valence-electron chi connectivity index (χ1n) is 10.0. The molecule has 0 spiro atoms. The standard InChI is InChI=1S/C19H37NO3S/c1-2-3-4-5-6-7-8-9-10-11-12-13-14-15-16-17-18-20(24-23)19(21)22/h2-18H2,1H3/p+1. The van der Waals surface area contributed by atoms with Crippen LogP contribution in [0.1, 0.15) is 110 Å². The summed E-state index contributed by atoms with van der Waals surface area (Å²) in [5.41, 5.74) is 0. The van der Waals surface area contributed by atoms with Crippen molar-refractivity contribution >= 4 is 17.6 Å². The first-order chi connectivity index (χ1) is 11.7. The topological polar surface area (TPSA) is 57.4 Å². The maximum Gasteiger partial charge on any atom is 0.610 e. The molecule has 0 aliphatic heterocycles. The maximum atomic E-state index is 10.6.